The van der Waals surface area contributed by atoms with Crippen LogP contribution in [-0.2, 0) is 11.3 Å². The van der Waals surface area contributed by atoms with Gasteiger partial charge in [0.2, 0.25) is 5.91 Å². The average Bonchev–Trinajstić information content (AvgIpc) is 2.61. The maximum atomic E-state index is 11.8. The summed E-state index contributed by atoms with van der Waals surface area (Å²) in [5.74, 6) is -0.131. The molecule has 4 nitrogen and oxygen atoms in total. The molecular weight excluding hydrogens is 430 g/mol. The van der Waals surface area contributed by atoms with Crippen molar-refractivity contribution in [1.29, 1.82) is 0 Å². The van der Waals surface area contributed by atoms with Gasteiger partial charge < -0.3 is 5.32 Å². The van der Waals surface area contributed by atoms with E-state index in [0.717, 1.165) is 14.8 Å². The number of halogens is 3. The smallest absolute Gasteiger partial charge is 0.246 e. The quantitative estimate of drug-likeness (QED) is 0.793. The fourth-order valence-corrected chi connectivity index (χ4v) is 2.75. The summed E-state index contributed by atoms with van der Waals surface area (Å²) < 4.78 is 3.98. The lowest BCUT2D eigenvalue weighted by Gasteiger charge is -2.06. The Kier molecular flexibility index (Phi) is 4.58. The molecule has 0 bridgehead atoms. The number of carbonyl (C=O) groups is 1. The Hall–Kier alpha value is -0.660. The molecule has 1 aromatic carbocycles. The monoisotopic (exact) mass is 435 g/mol. The van der Waals surface area contributed by atoms with Gasteiger partial charge in [-0.05, 0) is 56.1 Å². The van der Waals surface area contributed by atoms with Gasteiger partial charge in [-0.15, -0.1) is 0 Å². The Labute approximate surface area is 129 Å². The van der Waals surface area contributed by atoms with Crippen molar-refractivity contribution >= 4 is 59.4 Å². The summed E-state index contributed by atoms with van der Waals surface area (Å²) in [7, 11) is 0. The molecule has 1 N–H and O–H groups in total. The first-order valence-electron chi connectivity index (χ1n) is 4.99. The normalized spacial score (nSPS) is 10.4. The van der Waals surface area contributed by atoms with Crippen molar-refractivity contribution in [2.45, 2.75) is 6.54 Å². The Morgan fingerprint density at radius 1 is 1.22 bits per heavy atom. The Morgan fingerprint density at radius 2 is 1.89 bits per heavy atom. The number of benzene rings is 1. The van der Waals surface area contributed by atoms with Gasteiger partial charge in [0.15, 0.2) is 0 Å². The molecule has 1 amide bonds. The first kappa shape index (κ1) is 13.8. The molecule has 2 rings (SSSR count). The third kappa shape index (κ3) is 3.66. The molecule has 0 radical (unpaired) electrons. The Morgan fingerprint density at radius 3 is 2.44 bits per heavy atom. The maximum Gasteiger partial charge on any atom is 0.246 e. The van der Waals surface area contributed by atoms with Gasteiger partial charge in [-0.25, -0.2) is 4.68 Å². The second kappa shape index (κ2) is 5.99. The van der Waals surface area contributed by atoms with Gasteiger partial charge in [0, 0.05) is 16.2 Å². The van der Waals surface area contributed by atoms with E-state index in [-0.39, 0.29) is 12.5 Å². The van der Waals surface area contributed by atoms with E-state index in [1.807, 2.05) is 24.3 Å². The summed E-state index contributed by atoms with van der Waals surface area (Å²) in [6.45, 7) is 0.155. The summed E-state index contributed by atoms with van der Waals surface area (Å²) >= 11 is 9.91. The van der Waals surface area contributed by atoms with Crippen LogP contribution in [0.4, 0.5) is 5.69 Å². The molecule has 2 aromatic rings. The van der Waals surface area contributed by atoms with Gasteiger partial charge in [-0.1, -0.05) is 15.9 Å². The second-order valence-corrected chi connectivity index (χ2v) is 6.04. The zero-order valence-electron chi connectivity index (χ0n) is 9.03. The van der Waals surface area contributed by atoms with Gasteiger partial charge in [0.1, 0.15) is 15.8 Å². The number of amides is 1. The highest BCUT2D eigenvalue weighted by Gasteiger charge is 2.08. The van der Waals surface area contributed by atoms with E-state index in [1.54, 1.807) is 10.7 Å². The van der Waals surface area contributed by atoms with Gasteiger partial charge in [-0.2, -0.15) is 5.10 Å². The van der Waals surface area contributed by atoms with Crippen molar-refractivity contribution in [2.75, 3.05) is 5.32 Å². The van der Waals surface area contributed by atoms with Crippen LogP contribution in [0.25, 0.3) is 0 Å². The number of anilines is 1. The molecule has 1 heterocycles. The Bertz CT molecular complexity index is 565. The van der Waals surface area contributed by atoms with Crippen molar-refractivity contribution in [3.8, 4) is 0 Å². The largest absolute Gasteiger partial charge is 0.324 e. The molecule has 0 saturated carbocycles. The third-order valence-electron chi connectivity index (χ3n) is 2.12. The molecule has 18 heavy (non-hydrogen) atoms. The Balaban J connectivity index is 2.01. The van der Waals surface area contributed by atoms with E-state index in [1.165, 1.54) is 0 Å². The van der Waals surface area contributed by atoms with E-state index in [4.69, 9.17) is 0 Å². The van der Waals surface area contributed by atoms with Crippen LogP contribution < -0.4 is 5.32 Å². The van der Waals surface area contributed by atoms with E-state index in [9.17, 15) is 4.79 Å². The zero-order valence-corrected chi connectivity index (χ0v) is 13.8. The lowest BCUT2D eigenvalue weighted by atomic mass is 10.3. The van der Waals surface area contributed by atoms with Crippen LogP contribution in [0.3, 0.4) is 0 Å². The van der Waals surface area contributed by atoms with Crippen LogP contribution in [0, 0.1) is 0 Å². The van der Waals surface area contributed by atoms with Crippen LogP contribution in [0.5, 0.6) is 0 Å². The van der Waals surface area contributed by atoms with Gasteiger partial charge in [0.25, 0.3) is 0 Å². The number of nitrogens with zero attached hydrogens (tertiary/aromatic N) is 2. The average molecular weight is 438 g/mol. The van der Waals surface area contributed by atoms with Gasteiger partial charge in [-0.3, -0.25) is 4.79 Å². The van der Waals surface area contributed by atoms with Crippen LogP contribution in [0.1, 0.15) is 0 Å². The molecule has 0 saturated heterocycles. The number of hydrogen-bond donors (Lipinski definition) is 1. The molecule has 0 aliphatic heterocycles. The minimum Gasteiger partial charge on any atom is -0.324 e. The predicted octanol–water partition coefficient (Wildman–Crippen LogP) is 3.81. The summed E-state index contributed by atoms with van der Waals surface area (Å²) in [5.41, 5.74) is 0.755. The lowest BCUT2D eigenvalue weighted by Crippen LogP contribution is -2.19. The number of rotatable bonds is 3. The van der Waals surface area contributed by atoms with Crippen LogP contribution >= 0.6 is 47.8 Å². The van der Waals surface area contributed by atoms with Crippen molar-refractivity contribution in [2.24, 2.45) is 0 Å². The summed E-state index contributed by atoms with van der Waals surface area (Å²) in [6, 6.07) is 9.19. The standard InChI is InChI=1S/C11H8Br3N3O/c12-7-1-3-8(4-2-7)15-11(18)6-17-10(14)5-9(13)16-17/h1-5H,6H2,(H,15,18). The summed E-state index contributed by atoms with van der Waals surface area (Å²) in [6.07, 6.45) is 0. The number of hydrogen-bond acceptors (Lipinski definition) is 2. The van der Waals surface area contributed by atoms with E-state index in [2.05, 4.69) is 58.2 Å². The van der Waals surface area contributed by atoms with E-state index >= 15 is 0 Å². The topological polar surface area (TPSA) is 46.9 Å². The molecular formula is C11H8Br3N3O. The van der Waals surface area contributed by atoms with Crippen molar-refractivity contribution < 1.29 is 4.79 Å². The molecule has 0 aliphatic carbocycles. The number of carbonyl (C=O) groups excluding carboxylic acids is 1. The maximum absolute atomic E-state index is 11.8. The van der Waals surface area contributed by atoms with Crippen LogP contribution in [0.15, 0.2) is 44.0 Å². The number of aromatic nitrogens is 2. The fourth-order valence-electron chi connectivity index (χ4n) is 1.35. The van der Waals surface area contributed by atoms with Gasteiger partial charge in [0.05, 0.1) is 0 Å². The number of nitrogens with one attached hydrogen (secondary N) is 1. The third-order valence-corrected chi connectivity index (χ3v) is 3.68. The SMILES string of the molecule is O=C(Cn1nc(Br)cc1Br)Nc1ccc(Br)cc1. The van der Waals surface area contributed by atoms with Crippen molar-refractivity contribution in [1.82, 2.24) is 9.78 Å². The fraction of sp³-hybridized carbons (Fsp3) is 0.0909. The molecule has 7 heteroatoms. The first-order valence-corrected chi connectivity index (χ1v) is 7.37. The highest BCUT2D eigenvalue weighted by molar-refractivity contribution is 9.11. The first-order chi connectivity index (χ1) is 8.54. The summed E-state index contributed by atoms with van der Waals surface area (Å²) in [4.78, 5) is 11.8. The van der Waals surface area contributed by atoms with Crippen molar-refractivity contribution in [3.05, 3.63) is 44.0 Å². The van der Waals surface area contributed by atoms with E-state index < -0.39 is 0 Å². The molecule has 0 unspecified atom stereocenters. The molecule has 94 valence electrons. The highest BCUT2D eigenvalue weighted by Crippen LogP contribution is 2.17. The highest BCUT2D eigenvalue weighted by atomic mass is 79.9. The molecule has 0 spiro atoms. The van der Waals surface area contributed by atoms with E-state index in [0.29, 0.717) is 4.60 Å². The van der Waals surface area contributed by atoms with Gasteiger partial charge >= 0.3 is 0 Å². The molecule has 0 fully saturated rings. The zero-order chi connectivity index (χ0) is 13.1. The minimum atomic E-state index is -0.131. The summed E-state index contributed by atoms with van der Waals surface area (Å²) in [5, 5.41) is 6.92. The van der Waals surface area contributed by atoms with Crippen LogP contribution in [0.2, 0.25) is 0 Å². The van der Waals surface area contributed by atoms with Crippen molar-refractivity contribution in [3.63, 3.8) is 0 Å². The molecule has 0 atom stereocenters. The predicted molar refractivity (Wildman–Crippen MR) is 80.4 cm³/mol. The molecule has 1 aromatic heterocycles. The van der Waals surface area contributed by atoms with Crippen LogP contribution in [-0.4, -0.2) is 15.7 Å². The minimum absolute atomic E-state index is 0.131. The lowest BCUT2D eigenvalue weighted by molar-refractivity contribution is -0.116. The second-order valence-electron chi connectivity index (χ2n) is 3.50. The molecule has 0 aliphatic rings.